The third-order valence-electron chi connectivity index (χ3n) is 5.28. The molecule has 2 heterocycles. The molecule has 0 aliphatic rings. The van der Waals surface area contributed by atoms with E-state index in [0.29, 0.717) is 47.4 Å². The Balaban J connectivity index is 1.88. The molecule has 0 bridgehead atoms. The minimum absolute atomic E-state index is 0.0664. The van der Waals surface area contributed by atoms with Gasteiger partial charge in [0.1, 0.15) is 22.8 Å². The molecule has 0 aliphatic heterocycles. The molecule has 1 atom stereocenters. The van der Waals surface area contributed by atoms with Gasteiger partial charge in [0.2, 0.25) is 11.9 Å². The summed E-state index contributed by atoms with van der Waals surface area (Å²) in [6.07, 6.45) is 3.96. The molecule has 2 aromatic heterocycles. The number of carbonyl (C=O) groups is 1. The van der Waals surface area contributed by atoms with Gasteiger partial charge in [0.05, 0.1) is 25.9 Å². The van der Waals surface area contributed by atoms with E-state index in [1.807, 2.05) is 12.1 Å². The van der Waals surface area contributed by atoms with Crippen LogP contribution in [-0.4, -0.2) is 47.7 Å². The molecule has 9 nitrogen and oxygen atoms in total. The lowest BCUT2D eigenvalue weighted by molar-refractivity contribution is -0.119. The summed E-state index contributed by atoms with van der Waals surface area (Å²) in [4.78, 5) is 24.7. The number of rotatable bonds is 12. The Morgan fingerprint density at radius 3 is 2.71 bits per heavy atom. The molecule has 0 saturated carbocycles. The van der Waals surface area contributed by atoms with Crippen molar-refractivity contribution in [2.75, 3.05) is 31.4 Å². The predicted octanol–water partition coefficient (Wildman–Crippen LogP) is 3.90. The maximum absolute atomic E-state index is 13.9. The fourth-order valence-corrected chi connectivity index (χ4v) is 3.48. The maximum atomic E-state index is 13.9. The molecule has 3 rings (SSSR count). The molecule has 1 amide bonds. The predicted molar refractivity (Wildman–Crippen MR) is 130 cm³/mol. The highest BCUT2D eigenvalue weighted by atomic mass is 19.1. The number of fused-ring (bicyclic) bond motifs is 1. The van der Waals surface area contributed by atoms with Gasteiger partial charge in [-0.05, 0) is 18.6 Å². The van der Waals surface area contributed by atoms with Crippen LogP contribution in [0.25, 0.3) is 11.0 Å². The third-order valence-corrected chi connectivity index (χ3v) is 5.28. The second-order valence-corrected chi connectivity index (χ2v) is 7.87. The number of hydrogen-bond donors (Lipinski definition) is 3. The summed E-state index contributed by atoms with van der Waals surface area (Å²) in [5, 5.41) is 9.41. The van der Waals surface area contributed by atoms with Crippen LogP contribution in [0.2, 0.25) is 0 Å². The molecule has 34 heavy (non-hydrogen) atoms. The summed E-state index contributed by atoms with van der Waals surface area (Å²) in [6, 6.07) is 6.78. The van der Waals surface area contributed by atoms with Crippen molar-refractivity contribution in [3.63, 3.8) is 0 Å². The van der Waals surface area contributed by atoms with Crippen LogP contribution in [0, 0.1) is 5.82 Å². The molecule has 1 aromatic carbocycles. The first-order valence-electron chi connectivity index (χ1n) is 11.2. The normalized spacial score (nSPS) is 11.7. The molecule has 10 heteroatoms. The Kier molecular flexibility index (Phi) is 8.78. The molecule has 0 radical (unpaired) electrons. The number of aromatic nitrogens is 3. The molecular weight excluding hydrogens is 439 g/mol. The van der Waals surface area contributed by atoms with E-state index in [4.69, 9.17) is 9.47 Å². The molecule has 3 N–H and O–H groups in total. The van der Waals surface area contributed by atoms with Crippen molar-refractivity contribution in [1.82, 2.24) is 20.3 Å². The van der Waals surface area contributed by atoms with Gasteiger partial charge in [-0.15, -0.1) is 0 Å². The van der Waals surface area contributed by atoms with Gasteiger partial charge in [-0.1, -0.05) is 19.8 Å². The number of unbranched alkanes of at least 4 members (excludes halogenated alkanes) is 1. The monoisotopic (exact) mass is 470 g/mol. The number of halogens is 1. The van der Waals surface area contributed by atoms with Crippen molar-refractivity contribution < 1.29 is 18.7 Å². The highest BCUT2D eigenvalue weighted by Crippen LogP contribution is 2.26. The van der Waals surface area contributed by atoms with Gasteiger partial charge in [-0.25, -0.2) is 14.4 Å². The van der Waals surface area contributed by atoms with Gasteiger partial charge in [-0.2, -0.15) is 4.98 Å². The van der Waals surface area contributed by atoms with E-state index in [1.165, 1.54) is 13.0 Å². The summed E-state index contributed by atoms with van der Waals surface area (Å²) < 4.78 is 24.6. The Labute approximate surface area is 198 Å². The SMILES string of the molecule is CCCCC(CNC(C)=O)Nc1nc(NCc2ccc(OC)cc2OC)nc2cc(F)cnc12. The smallest absolute Gasteiger partial charge is 0.225 e. The van der Waals surface area contributed by atoms with Crippen LogP contribution in [0.4, 0.5) is 16.2 Å². The summed E-state index contributed by atoms with van der Waals surface area (Å²) in [5.74, 6) is 1.55. The maximum Gasteiger partial charge on any atom is 0.225 e. The second kappa shape index (κ2) is 12.0. The van der Waals surface area contributed by atoms with Crippen molar-refractivity contribution in [2.24, 2.45) is 0 Å². The first kappa shape index (κ1) is 24.9. The number of amides is 1. The van der Waals surface area contributed by atoms with Gasteiger partial charge >= 0.3 is 0 Å². The van der Waals surface area contributed by atoms with Crippen LogP contribution in [-0.2, 0) is 11.3 Å². The van der Waals surface area contributed by atoms with E-state index in [1.54, 1.807) is 20.3 Å². The molecule has 182 valence electrons. The first-order chi connectivity index (χ1) is 16.4. The standard InChI is InChI=1S/C24H31FN6O3/c1-5-6-7-18(14-26-15(2)32)29-23-22-20(10-17(25)13-27-22)30-24(31-23)28-12-16-8-9-19(33-3)11-21(16)34-4/h8-11,13,18H,5-7,12,14H2,1-4H3,(H,26,32)(H2,28,29,30,31). The van der Waals surface area contributed by atoms with E-state index in [-0.39, 0.29) is 11.9 Å². The van der Waals surface area contributed by atoms with Gasteiger partial charge in [0.25, 0.3) is 0 Å². The number of ether oxygens (including phenoxy) is 2. The van der Waals surface area contributed by atoms with Gasteiger partial charge in [0, 0.05) is 43.8 Å². The average molecular weight is 471 g/mol. The van der Waals surface area contributed by atoms with Crippen molar-refractivity contribution in [3.05, 3.63) is 41.8 Å². The van der Waals surface area contributed by atoms with Crippen molar-refractivity contribution in [2.45, 2.75) is 45.7 Å². The number of anilines is 2. The summed E-state index contributed by atoms with van der Waals surface area (Å²) in [6.45, 7) is 4.41. The van der Waals surface area contributed by atoms with Crippen LogP contribution in [0.5, 0.6) is 11.5 Å². The highest BCUT2D eigenvalue weighted by molar-refractivity contribution is 5.86. The number of nitrogens with zero attached hydrogens (tertiary/aromatic N) is 3. The van der Waals surface area contributed by atoms with Gasteiger partial charge < -0.3 is 25.4 Å². The first-order valence-corrected chi connectivity index (χ1v) is 11.2. The lowest BCUT2D eigenvalue weighted by Crippen LogP contribution is -2.35. The second-order valence-electron chi connectivity index (χ2n) is 7.87. The zero-order valence-electron chi connectivity index (χ0n) is 19.9. The Morgan fingerprint density at radius 2 is 2.00 bits per heavy atom. The fourth-order valence-electron chi connectivity index (χ4n) is 3.48. The fraction of sp³-hybridized carbons (Fsp3) is 0.417. The van der Waals surface area contributed by atoms with E-state index < -0.39 is 5.82 Å². The lowest BCUT2D eigenvalue weighted by atomic mass is 10.1. The molecule has 0 aliphatic carbocycles. The number of nitrogens with one attached hydrogen (secondary N) is 3. The average Bonchev–Trinajstić information content (AvgIpc) is 2.83. The topological polar surface area (TPSA) is 110 Å². The summed E-state index contributed by atoms with van der Waals surface area (Å²) in [7, 11) is 3.18. The van der Waals surface area contributed by atoms with E-state index in [9.17, 15) is 9.18 Å². The Morgan fingerprint density at radius 1 is 1.18 bits per heavy atom. The highest BCUT2D eigenvalue weighted by Gasteiger charge is 2.16. The number of hydrogen-bond acceptors (Lipinski definition) is 8. The number of benzene rings is 1. The summed E-state index contributed by atoms with van der Waals surface area (Å²) >= 11 is 0. The summed E-state index contributed by atoms with van der Waals surface area (Å²) in [5.41, 5.74) is 1.71. The van der Waals surface area contributed by atoms with Crippen molar-refractivity contribution in [1.29, 1.82) is 0 Å². The van der Waals surface area contributed by atoms with Crippen molar-refractivity contribution in [3.8, 4) is 11.5 Å². The molecule has 3 aromatic rings. The van der Waals surface area contributed by atoms with Crippen LogP contribution in [0.3, 0.4) is 0 Å². The van der Waals surface area contributed by atoms with E-state index in [0.717, 1.165) is 31.0 Å². The van der Waals surface area contributed by atoms with Crippen LogP contribution in [0.1, 0.15) is 38.7 Å². The Hall–Kier alpha value is -3.69. The van der Waals surface area contributed by atoms with Gasteiger partial charge in [0.15, 0.2) is 5.82 Å². The van der Waals surface area contributed by atoms with Crippen molar-refractivity contribution >= 4 is 28.7 Å². The van der Waals surface area contributed by atoms with Gasteiger partial charge in [-0.3, -0.25) is 4.79 Å². The number of pyridine rings is 1. The zero-order valence-corrected chi connectivity index (χ0v) is 19.9. The van der Waals surface area contributed by atoms with Crippen LogP contribution in [0.15, 0.2) is 30.5 Å². The van der Waals surface area contributed by atoms with E-state index >= 15 is 0 Å². The Bertz CT molecular complexity index is 1130. The number of methoxy groups -OCH3 is 2. The molecular formula is C24H31FN6O3. The van der Waals surface area contributed by atoms with E-state index in [2.05, 4.69) is 37.8 Å². The third kappa shape index (κ3) is 6.66. The molecule has 0 fully saturated rings. The lowest BCUT2D eigenvalue weighted by Gasteiger charge is -2.20. The largest absolute Gasteiger partial charge is 0.497 e. The minimum Gasteiger partial charge on any atom is -0.497 e. The molecule has 1 unspecified atom stereocenters. The zero-order chi connectivity index (χ0) is 24.5. The molecule has 0 spiro atoms. The number of carbonyl (C=O) groups excluding carboxylic acids is 1. The van der Waals surface area contributed by atoms with Crippen LogP contribution >= 0.6 is 0 Å². The quantitative estimate of drug-likeness (QED) is 0.366. The molecule has 0 saturated heterocycles. The van der Waals surface area contributed by atoms with Crippen LogP contribution < -0.4 is 25.4 Å². The minimum atomic E-state index is -0.485.